The van der Waals surface area contributed by atoms with Gasteiger partial charge in [0.05, 0.1) is 29.6 Å². The summed E-state index contributed by atoms with van der Waals surface area (Å²) in [6, 6.07) is 10.3. The molecule has 3 amide bonds. The molecule has 0 aliphatic carbocycles. The van der Waals surface area contributed by atoms with Gasteiger partial charge in [0.25, 0.3) is 11.8 Å². The number of thiophene rings is 1. The fraction of sp³-hybridized carbons (Fsp3) is 0.409. The molecule has 158 valence electrons. The maximum absolute atomic E-state index is 12.9. The molecule has 4 rings (SSSR count). The number of anilines is 1. The van der Waals surface area contributed by atoms with Crippen LogP contribution in [0.3, 0.4) is 0 Å². The summed E-state index contributed by atoms with van der Waals surface area (Å²) in [5, 5.41) is 5.25. The molecule has 2 fully saturated rings. The highest BCUT2D eigenvalue weighted by atomic mass is 32.1. The molecule has 0 radical (unpaired) electrons. The molecule has 0 saturated carbocycles. The zero-order valence-electron chi connectivity index (χ0n) is 16.9. The SMILES string of the molecule is CCOc1ccc(N2C(=O)C[C@@H](NC3CCN(C(=O)c4cccs4)CC3)C2=O)cc1. The van der Waals surface area contributed by atoms with Crippen LogP contribution in [0.4, 0.5) is 5.69 Å². The smallest absolute Gasteiger partial charge is 0.263 e. The van der Waals surface area contributed by atoms with E-state index in [0.29, 0.717) is 31.1 Å². The van der Waals surface area contributed by atoms with Crippen molar-refractivity contribution in [2.45, 2.75) is 38.3 Å². The largest absolute Gasteiger partial charge is 0.494 e. The molecule has 0 unspecified atom stereocenters. The normalized spacial score (nSPS) is 20.1. The fourth-order valence-electron chi connectivity index (χ4n) is 3.98. The van der Waals surface area contributed by atoms with Crippen LogP contribution in [0.15, 0.2) is 41.8 Å². The summed E-state index contributed by atoms with van der Waals surface area (Å²) in [6.45, 7) is 3.75. The molecular formula is C22H25N3O4S. The number of nitrogens with one attached hydrogen (secondary N) is 1. The maximum atomic E-state index is 12.9. The van der Waals surface area contributed by atoms with E-state index in [9.17, 15) is 14.4 Å². The maximum Gasteiger partial charge on any atom is 0.263 e. The first-order valence-electron chi connectivity index (χ1n) is 10.3. The first kappa shape index (κ1) is 20.6. The van der Waals surface area contributed by atoms with E-state index in [1.165, 1.54) is 16.2 Å². The lowest BCUT2D eigenvalue weighted by Crippen LogP contribution is -2.49. The van der Waals surface area contributed by atoms with Gasteiger partial charge in [-0.05, 0) is 55.5 Å². The molecule has 2 aliphatic rings. The van der Waals surface area contributed by atoms with Crippen molar-refractivity contribution in [3.63, 3.8) is 0 Å². The van der Waals surface area contributed by atoms with Gasteiger partial charge in [-0.2, -0.15) is 0 Å². The van der Waals surface area contributed by atoms with Gasteiger partial charge in [0.15, 0.2) is 0 Å². The van der Waals surface area contributed by atoms with Crippen molar-refractivity contribution in [2.24, 2.45) is 0 Å². The Balaban J connectivity index is 1.33. The van der Waals surface area contributed by atoms with E-state index in [-0.39, 0.29) is 30.2 Å². The van der Waals surface area contributed by atoms with Crippen LogP contribution in [0.5, 0.6) is 5.75 Å². The lowest BCUT2D eigenvalue weighted by molar-refractivity contribution is -0.121. The van der Waals surface area contributed by atoms with Gasteiger partial charge in [-0.15, -0.1) is 11.3 Å². The van der Waals surface area contributed by atoms with Gasteiger partial charge in [0, 0.05) is 19.1 Å². The minimum absolute atomic E-state index is 0.0669. The number of piperidine rings is 1. The molecule has 30 heavy (non-hydrogen) atoms. The summed E-state index contributed by atoms with van der Waals surface area (Å²) >= 11 is 1.45. The number of nitrogens with zero attached hydrogens (tertiary/aromatic N) is 2. The Morgan fingerprint density at radius 2 is 1.90 bits per heavy atom. The molecule has 1 atom stereocenters. The van der Waals surface area contributed by atoms with Crippen molar-refractivity contribution in [3.05, 3.63) is 46.7 Å². The van der Waals surface area contributed by atoms with Crippen molar-refractivity contribution in [1.82, 2.24) is 10.2 Å². The van der Waals surface area contributed by atoms with Crippen LogP contribution in [0.1, 0.15) is 35.9 Å². The number of carbonyl (C=O) groups excluding carboxylic acids is 3. The highest BCUT2D eigenvalue weighted by Crippen LogP contribution is 2.26. The summed E-state index contributed by atoms with van der Waals surface area (Å²) in [6.07, 6.45) is 1.68. The van der Waals surface area contributed by atoms with E-state index in [0.717, 1.165) is 17.7 Å². The van der Waals surface area contributed by atoms with Gasteiger partial charge < -0.3 is 15.0 Å². The number of amides is 3. The van der Waals surface area contributed by atoms with Gasteiger partial charge in [-0.3, -0.25) is 14.4 Å². The molecule has 8 heteroatoms. The molecule has 3 heterocycles. The van der Waals surface area contributed by atoms with E-state index in [4.69, 9.17) is 4.74 Å². The molecule has 1 aromatic heterocycles. The van der Waals surface area contributed by atoms with Gasteiger partial charge in [-0.25, -0.2) is 4.90 Å². The predicted octanol–water partition coefficient (Wildman–Crippen LogP) is 2.67. The highest BCUT2D eigenvalue weighted by Gasteiger charge is 2.40. The first-order valence-corrected chi connectivity index (χ1v) is 11.1. The third kappa shape index (κ3) is 4.24. The summed E-state index contributed by atoms with van der Waals surface area (Å²) < 4.78 is 5.42. The summed E-state index contributed by atoms with van der Waals surface area (Å²) in [5.41, 5.74) is 0.564. The molecule has 1 N–H and O–H groups in total. The lowest BCUT2D eigenvalue weighted by atomic mass is 10.0. The minimum Gasteiger partial charge on any atom is -0.494 e. The van der Waals surface area contributed by atoms with Crippen LogP contribution in [-0.4, -0.2) is 54.4 Å². The molecule has 2 aliphatic heterocycles. The number of hydrogen-bond donors (Lipinski definition) is 1. The molecule has 1 aromatic carbocycles. The van der Waals surface area contributed by atoms with E-state index in [1.807, 2.05) is 29.3 Å². The van der Waals surface area contributed by atoms with Crippen LogP contribution in [0.2, 0.25) is 0 Å². The predicted molar refractivity (Wildman–Crippen MR) is 115 cm³/mol. The number of rotatable bonds is 6. The van der Waals surface area contributed by atoms with E-state index in [2.05, 4.69) is 5.32 Å². The van der Waals surface area contributed by atoms with Crippen LogP contribution >= 0.6 is 11.3 Å². The summed E-state index contributed by atoms with van der Waals surface area (Å²) in [4.78, 5) is 41.7. The summed E-state index contributed by atoms with van der Waals surface area (Å²) in [7, 11) is 0. The average Bonchev–Trinajstić information content (AvgIpc) is 3.38. The van der Waals surface area contributed by atoms with Crippen LogP contribution < -0.4 is 15.0 Å². The van der Waals surface area contributed by atoms with Crippen LogP contribution in [0, 0.1) is 0 Å². The van der Waals surface area contributed by atoms with E-state index >= 15 is 0 Å². The van der Waals surface area contributed by atoms with Gasteiger partial charge in [0.1, 0.15) is 5.75 Å². The third-order valence-corrected chi connectivity index (χ3v) is 6.36. The minimum atomic E-state index is -0.520. The topological polar surface area (TPSA) is 79.0 Å². The zero-order chi connectivity index (χ0) is 21.1. The Morgan fingerprint density at radius 3 is 2.53 bits per heavy atom. The molecule has 2 aromatic rings. The second-order valence-corrected chi connectivity index (χ2v) is 8.41. The Bertz CT molecular complexity index is 905. The standard InChI is InChI=1S/C22H25N3O4S/c1-2-29-17-7-5-16(6-8-17)25-20(26)14-18(21(25)27)23-15-9-11-24(12-10-15)22(28)19-4-3-13-30-19/h3-8,13,15,18,23H,2,9-12,14H2,1H3/t18-/m1/s1. The monoisotopic (exact) mass is 427 g/mol. The van der Waals surface area contributed by atoms with Crippen molar-refractivity contribution in [3.8, 4) is 5.75 Å². The molecular weight excluding hydrogens is 402 g/mol. The van der Waals surface area contributed by atoms with Crippen LogP contribution in [0.25, 0.3) is 0 Å². The number of ether oxygens (including phenoxy) is 1. The van der Waals surface area contributed by atoms with Crippen molar-refractivity contribution in [2.75, 3.05) is 24.6 Å². The Kier molecular flexibility index (Phi) is 6.15. The Morgan fingerprint density at radius 1 is 1.17 bits per heavy atom. The number of carbonyl (C=O) groups is 3. The van der Waals surface area contributed by atoms with Crippen LogP contribution in [-0.2, 0) is 9.59 Å². The number of likely N-dealkylation sites (tertiary alicyclic amines) is 1. The Labute approximate surface area is 179 Å². The quantitative estimate of drug-likeness (QED) is 0.717. The number of benzene rings is 1. The number of imide groups is 1. The van der Waals surface area contributed by atoms with Crippen molar-refractivity contribution >= 4 is 34.7 Å². The Hall–Kier alpha value is -2.71. The molecule has 2 saturated heterocycles. The third-order valence-electron chi connectivity index (χ3n) is 5.50. The van der Waals surface area contributed by atoms with Gasteiger partial charge in [-0.1, -0.05) is 6.07 Å². The van der Waals surface area contributed by atoms with Gasteiger partial charge >= 0.3 is 0 Å². The average molecular weight is 428 g/mol. The van der Waals surface area contributed by atoms with Gasteiger partial charge in [0.2, 0.25) is 5.91 Å². The van der Waals surface area contributed by atoms with Crippen molar-refractivity contribution in [1.29, 1.82) is 0 Å². The first-order chi connectivity index (χ1) is 14.6. The summed E-state index contributed by atoms with van der Waals surface area (Å²) in [5.74, 6) is 0.351. The molecule has 0 spiro atoms. The highest BCUT2D eigenvalue weighted by molar-refractivity contribution is 7.12. The fourth-order valence-corrected chi connectivity index (χ4v) is 4.67. The zero-order valence-corrected chi connectivity index (χ0v) is 17.7. The number of hydrogen-bond acceptors (Lipinski definition) is 6. The molecule has 0 bridgehead atoms. The van der Waals surface area contributed by atoms with E-state index in [1.54, 1.807) is 24.3 Å². The second-order valence-electron chi connectivity index (χ2n) is 7.46. The molecule has 7 nitrogen and oxygen atoms in total. The van der Waals surface area contributed by atoms with E-state index < -0.39 is 6.04 Å². The second kappa shape index (κ2) is 8.97. The lowest BCUT2D eigenvalue weighted by Gasteiger charge is -2.33. The van der Waals surface area contributed by atoms with Crippen molar-refractivity contribution < 1.29 is 19.1 Å².